The van der Waals surface area contributed by atoms with E-state index >= 15 is 0 Å². The Morgan fingerprint density at radius 3 is 2.29 bits per heavy atom. The first-order valence-electron chi connectivity index (χ1n) is 7.79. The molecule has 7 heteroatoms. The van der Waals surface area contributed by atoms with Crippen molar-refractivity contribution < 1.29 is 24.3 Å². The summed E-state index contributed by atoms with van der Waals surface area (Å²) in [5, 5.41) is 11.2. The van der Waals surface area contributed by atoms with Gasteiger partial charge in [-0.25, -0.2) is 5.48 Å². The lowest BCUT2D eigenvalue weighted by Crippen LogP contribution is -2.44. The molecular weight excluding hydrogens is 312 g/mol. The van der Waals surface area contributed by atoms with E-state index in [1.165, 1.54) is 6.92 Å². The average Bonchev–Trinajstić information content (AvgIpc) is 2.53. The highest BCUT2D eigenvalue weighted by Crippen LogP contribution is 2.16. The van der Waals surface area contributed by atoms with Crippen LogP contribution in [0.2, 0.25) is 0 Å². The van der Waals surface area contributed by atoms with Crippen LogP contribution in [0, 0.1) is 11.8 Å². The van der Waals surface area contributed by atoms with E-state index in [0.29, 0.717) is 0 Å². The Morgan fingerprint density at radius 1 is 1.12 bits per heavy atom. The number of amides is 2. The maximum atomic E-state index is 12.1. The fourth-order valence-corrected chi connectivity index (χ4v) is 2.03. The lowest BCUT2D eigenvalue weighted by atomic mass is 9.91. The molecular formula is C17H24N2O5. The second kappa shape index (κ2) is 9.67. The third-order valence-electron chi connectivity index (χ3n) is 3.54. The number of nitrogens with one attached hydrogen (secondary N) is 2. The highest BCUT2D eigenvalue weighted by Gasteiger charge is 2.27. The quantitative estimate of drug-likeness (QED) is 0.593. The van der Waals surface area contributed by atoms with Gasteiger partial charge in [-0.2, -0.15) is 0 Å². The van der Waals surface area contributed by atoms with E-state index in [2.05, 4.69) is 10.8 Å². The highest BCUT2D eigenvalue weighted by atomic mass is 16.6. The predicted octanol–water partition coefficient (Wildman–Crippen LogP) is 1.49. The number of aliphatic carboxylic acids is 1. The standard InChI is InChI=1S/C17H24N2O5/c1-11(2)14(16(21)18-12(3)17(22)23)9-15(20)19-24-10-13-7-5-4-6-8-13/h4-8,11-12,14H,9-10H2,1-3H3,(H,18,21)(H,19,20)(H,22,23)/t12-,14?/m0/s1. The second-order valence-electron chi connectivity index (χ2n) is 5.92. The first kappa shape index (κ1) is 19.6. The summed E-state index contributed by atoms with van der Waals surface area (Å²) in [6.07, 6.45) is -0.0787. The molecule has 1 aromatic rings. The van der Waals surface area contributed by atoms with Crippen molar-refractivity contribution >= 4 is 17.8 Å². The van der Waals surface area contributed by atoms with Gasteiger partial charge in [0, 0.05) is 12.3 Å². The van der Waals surface area contributed by atoms with Crippen LogP contribution < -0.4 is 10.8 Å². The first-order valence-corrected chi connectivity index (χ1v) is 7.79. The van der Waals surface area contributed by atoms with Crippen LogP contribution in [-0.4, -0.2) is 28.9 Å². The Hall–Kier alpha value is -2.41. The Kier molecular flexibility index (Phi) is 7.91. The first-order chi connectivity index (χ1) is 11.3. The van der Waals surface area contributed by atoms with Crippen molar-refractivity contribution in [1.82, 2.24) is 10.8 Å². The zero-order chi connectivity index (χ0) is 18.1. The third kappa shape index (κ3) is 6.78. The normalized spacial score (nSPS) is 13.2. The number of rotatable bonds is 9. The molecule has 3 N–H and O–H groups in total. The summed E-state index contributed by atoms with van der Waals surface area (Å²) in [5.41, 5.74) is 3.22. The number of hydroxylamine groups is 1. The molecule has 0 aliphatic carbocycles. The zero-order valence-corrected chi connectivity index (χ0v) is 14.1. The van der Waals surface area contributed by atoms with Gasteiger partial charge in [-0.1, -0.05) is 44.2 Å². The summed E-state index contributed by atoms with van der Waals surface area (Å²) < 4.78 is 0. The topological polar surface area (TPSA) is 105 Å². The predicted molar refractivity (Wildman–Crippen MR) is 87.6 cm³/mol. The van der Waals surface area contributed by atoms with Gasteiger partial charge in [0.15, 0.2) is 0 Å². The van der Waals surface area contributed by atoms with E-state index in [-0.39, 0.29) is 18.9 Å². The monoisotopic (exact) mass is 336 g/mol. The van der Waals surface area contributed by atoms with Crippen LogP contribution in [0.1, 0.15) is 32.8 Å². The summed E-state index contributed by atoms with van der Waals surface area (Å²) in [4.78, 5) is 40.0. The van der Waals surface area contributed by atoms with E-state index in [9.17, 15) is 14.4 Å². The molecule has 0 aliphatic heterocycles. The van der Waals surface area contributed by atoms with Crippen molar-refractivity contribution in [3.8, 4) is 0 Å². The molecule has 1 aromatic carbocycles. The summed E-state index contributed by atoms with van der Waals surface area (Å²) in [6, 6.07) is 8.34. The maximum absolute atomic E-state index is 12.1. The van der Waals surface area contributed by atoms with E-state index in [1.807, 2.05) is 30.3 Å². The summed E-state index contributed by atoms with van der Waals surface area (Å²) in [6.45, 7) is 5.20. The summed E-state index contributed by atoms with van der Waals surface area (Å²) in [7, 11) is 0. The minimum atomic E-state index is -1.12. The maximum Gasteiger partial charge on any atom is 0.325 e. The van der Waals surface area contributed by atoms with Crippen molar-refractivity contribution in [2.75, 3.05) is 0 Å². The van der Waals surface area contributed by atoms with E-state index in [1.54, 1.807) is 13.8 Å². The average molecular weight is 336 g/mol. The Labute approximate surface area is 141 Å². The van der Waals surface area contributed by atoms with Crippen LogP contribution in [0.15, 0.2) is 30.3 Å². The number of hydrogen-bond acceptors (Lipinski definition) is 4. The molecule has 0 radical (unpaired) electrons. The van der Waals surface area contributed by atoms with Crippen LogP contribution in [0.3, 0.4) is 0 Å². The van der Waals surface area contributed by atoms with E-state index in [0.717, 1.165) is 5.56 Å². The molecule has 0 aliphatic rings. The molecule has 1 rings (SSSR count). The second-order valence-corrected chi connectivity index (χ2v) is 5.92. The number of benzene rings is 1. The van der Waals surface area contributed by atoms with Crippen molar-refractivity contribution in [3.63, 3.8) is 0 Å². The summed E-state index contributed by atoms with van der Waals surface area (Å²) in [5.74, 6) is -2.76. The largest absolute Gasteiger partial charge is 0.480 e. The van der Waals surface area contributed by atoms with Gasteiger partial charge in [0.2, 0.25) is 11.8 Å². The Bertz CT molecular complexity index is 559. The lowest BCUT2D eigenvalue weighted by molar-refractivity contribution is -0.143. The minimum absolute atomic E-state index is 0.0787. The molecule has 0 bridgehead atoms. The summed E-state index contributed by atoms with van der Waals surface area (Å²) >= 11 is 0. The van der Waals surface area contributed by atoms with Crippen molar-refractivity contribution in [2.24, 2.45) is 11.8 Å². The molecule has 0 aromatic heterocycles. The zero-order valence-electron chi connectivity index (χ0n) is 14.1. The fourth-order valence-electron chi connectivity index (χ4n) is 2.03. The lowest BCUT2D eigenvalue weighted by Gasteiger charge is -2.21. The van der Waals surface area contributed by atoms with Gasteiger partial charge in [0.25, 0.3) is 0 Å². The molecule has 2 atom stereocenters. The van der Waals surface area contributed by atoms with Gasteiger partial charge in [0.1, 0.15) is 6.04 Å². The Morgan fingerprint density at radius 2 is 1.75 bits per heavy atom. The highest BCUT2D eigenvalue weighted by molar-refractivity contribution is 5.88. The number of carboxylic acids is 1. The van der Waals surface area contributed by atoms with Crippen molar-refractivity contribution in [3.05, 3.63) is 35.9 Å². The van der Waals surface area contributed by atoms with E-state index < -0.39 is 29.7 Å². The molecule has 24 heavy (non-hydrogen) atoms. The molecule has 0 spiro atoms. The van der Waals surface area contributed by atoms with Gasteiger partial charge >= 0.3 is 5.97 Å². The van der Waals surface area contributed by atoms with Crippen molar-refractivity contribution in [2.45, 2.75) is 39.8 Å². The van der Waals surface area contributed by atoms with Gasteiger partial charge in [-0.05, 0) is 18.4 Å². The molecule has 0 saturated heterocycles. The smallest absolute Gasteiger partial charge is 0.325 e. The number of hydrogen-bond donors (Lipinski definition) is 3. The van der Waals surface area contributed by atoms with E-state index in [4.69, 9.17) is 9.94 Å². The van der Waals surface area contributed by atoms with Crippen molar-refractivity contribution in [1.29, 1.82) is 0 Å². The number of carbonyl (C=O) groups is 3. The molecule has 0 saturated carbocycles. The molecule has 7 nitrogen and oxygen atoms in total. The van der Waals surface area contributed by atoms with Crippen LogP contribution in [0.5, 0.6) is 0 Å². The number of carboxylic acid groups (broad SMARTS) is 1. The fraction of sp³-hybridized carbons (Fsp3) is 0.471. The SMILES string of the molecule is CC(C)C(CC(=O)NOCc1ccccc1)C(=O)N[C@@H](C)C(=O)O. The van der Waals surface area contributed by atoms with Gasteiger partial charge in [-0.15, -0.1) is 0 Å². The van der Waals surface area contributed by atoms with Crippen LogP contribution in [0.4, 0.5) is 0 Å². The van der Waals surface area contributed by atoms with Gasteiger partial charge < -0.3 is 10.4 Å². The minimum Gasteiger partial charge on any atom is -0.480 e. The van der Waals surface area contributed by atoms with Crippen LogP contribution in [0.25, 0.3) is 0 Å². The molecule has 0 fully saturated rings. The molecule has 0 heterocycles. The van der Waals surface area contributed by atoms with Crippen LogP contribution in [-0.2, 0) is 25.8 Å². The third-order valence-corrected chi connectivity index (χ3v) is 3.54. The van der Waals surface area contributed by atoms with Gasteiger partial charge in [0.05, 0.1) is 6.61 Å². The molecule has 132 valence electrons. The van der Waals surface area contributed by atoms with Gasteiger partial charge in [-0.3, -0.25) is 19.2 Å². The number of carbonyl (C=O) groups excluding carboxylic acids is 2. The van der Waals surface area contributed by atoms with Crippen LogP contribution >= 0.6 is 0 Å². The molecule has 1 unspecified atom stereocenters. The Balaban J connectivity index is 2.47. The molecule has 2 amide bonds.